The van der Waals surface area contributed by atoms with E-state index in [1.807, 2.05) is 17.5 Å². The molecule has 0 unspecified atom stereocenters. The number of carbonyl (C=O) groups excluding carboxylic acids is 2. The van der Waals surface area contributed by atoms with E-state index in [9.17, 15) is 9.59 Å². The molecule has 0 bridgehead atoms. The molecule has 2 aromatic rings. The molecule has 1 aromatic heterocycles. The van der Waals surface area contributed by atoms with Crippen LogP contribution in [0.25, 0.3) is 11.1 Å². The topological polar surface area (TPSA) is 55.4 Å². The SMILES string of the molecule is CCOC(=O)c1c(-c2ccc(C(C)C)cc2)csc1NC(=O)C1CCC1. The fourth-order valence-electron chi connectivity index (χ4n) is 3.00. The van der Waals surface area contributed by atoms with Crippen molar-refractivity contribution in [2.45, 2.75) is 46.0 Å². The van der Waals surface area contributed by atoms with E-state index in [1.165, 1.54) is 16.9 Å². The highest BCUT2D eigenvalue weighted by molar-refractivity contribution is 7.15. The first-order chi connectivity index (χ1) is 12.5. The summed E-state index contributed by atoms with van der Waals surface area (Å²) in [5, 5.41) is 5.46. The van der Waals surface area contributed by atoms with E-state index in [0.29, 0.717) is 23.1 Å². The van der Waals surface area contributed by atoms with Gasteiger partial charge < -0.3 is 10.1 Å². The summed E-state index contributed by atoms with van der Waals surface area (Å²) in [5.41, 5.74) is 3.48. The van der Waals surface area contributed by atoms with Crippen molar-refractivity contribution in [2.24, 2.45) is 5.92 Å². The number of carbonyl (C=O) groups is 2. The van der Waals surface area contributed by atoms with E-state index in [0.717, 1.165) is 30.4 Å². The molecule has 1 N–H and O–H groups in total. The van der Waals surface area contributed by atoms with E-state index >= 15 is 0 Å². The van der Waals surface area contributed by atoms with Crippen molar-refractivity contribution in [2.75, 3.05) is 11.9 Å². The molecule has 5 heteroatoms. The lowest BCUT2D eigenvalue weighted by atomic mass is 9.85. The van der Waals surface area contributed by atoms with Crippen LogP contribution in [0.2, 0.25) is 0 Å². The van der Waals surface area contributed by atoms with Gasteiger partial charge in [-0.3, -0.25) is 4.79 Å². The molecule has 3 rings (SSSR count). The van der Waals surface area contributed by atoms with Crippen LogP contribution in [-0.2, 0) is 9.53 Å². The first-order valence-electron chi connectivity index (χ1n) is 9.21. The van der Waals surface area contributed by atoms with Crippen LogP contribution in [0.1, 0.15) is 61.9 Å². The van der Waals surface area contributed by atoms with Crippen LogP contribution < -0.4 is 5.32 Å². The molecular weight excluding hydrogens is 346 g/mol. The zero-order valence-electron chi connectivity index (χ0n) is 15.5. The second kappa shape index (κ2) is 8.04. The Balaban J connectivity index is 1.93. The molecule has 1 aromatic carbocycles. The number of rotatable bonds is 6. The normalized spacial score (nSPS) is 14.2. The summed E-state index contributed by atoms with van der Waals surface area (Å²) >= 11 is 1.38. The Kier molecular flexibility index (Phi) is 5.77. The van der Waals surface area contributed by atoms with Gasteiger partial charge in [-0.1, -0.05) is 44.5 Å². The monoisotopic (exact) mass is 371 g/mol. The van der Waals surface area contributed by atoms with Gasteiger partial charge in [-0.25, -0.2) is 4.79 Å². The second-order valence-electron chi connectivity index (χ2n) is 6.97. The van der Waals surface area contributed by atoms with Crippen molar-refractivity contribution >= 4 is 28.2 Å². The zero-order valence-corrected chi connectivity index (χ0v) is 16.3. The Morgan fingerprint density at radius 2 is 1.92 bits per heavy atom. The fraction of sp³-hybridized carbons (Fsp3) is 0.429. The summed E-state index contributed by atoms with van der Waals surface area (Å²) in [7, 11) is 0. The Morgan fingerprint density at radius 3 is 2.46 bits per heavy atom. The van der Waals surface area contributed by atoms with Gasteiger partial charge in [-0.2, -0.15) is 0 Å². The first-order valence-corrected chi connectivity index (χ1v) is 10.1. The number of amides is 1. The van der Waals surface area contributed by atoms with Gasteiger partial charge in [0.25, 0.3) is 0 Å². The van der Waals surface area contributed by atoms with Gasteiger partial charge >= 0.3 is 5.97 Å². The molecule has 0 saturated heterocycles. The summed E-state index contributed by atoms with van der Waals surface area (Å²) in [6.07, 6.45) is 2.95. The summed E-state index contributed by atoms with van der Waals surface area (Å²) in [6, 6.07) is 8.22. The van der Waals surface area contributed by atoms with Gasteiger partial charge in [0.2, 0.25) is 5.91 Å². The molecule has 1 aliphatic rings. The molecule has 1 aliphatic carbocycles. The Morgan fingerprint density at radius 1 is 1.23 bits per heavy atom. The standard InChI is InChI=1S/C21H25NO3S/c1-4-25-21(24)18-17(15-10-8-14(9-11-15)13(2)3)12-26-20(18)22-19(23)16-6-5-7-16/h8-13,16H,4-7H2,1-3H3,(H,22,23). The maximum atomic E-state index is 12.6. The van der Waals surface area contributed by atoms with Crippen LogP contribution in [0, 0.1) is 5.92 Å². The van der Waals surface area contributed by atoms with E-state index in [-0.39, 0.29) is 17.8 Å². The molecule has 1 heterocycles. The third kappa shape index (κ3) is 3.83. The fourth-order valence-corrected chi connectivity index (χ4v) is 3.96. The predicted octanol–water partition coefficient (Wildman–Crippen LogP) is 5.45. The molecule has 4 nitrogen and oxygen atoms in total. The Labute approximate surface area is 158 Å². The molecule has 1 fully saturated rings. The number of esters is 1. The average Bonchev–Trinajstić information content (AvgIpc) is 2.97. The highest BCUT2D eigenvalue weighted by atomic mass is 32.1. The maximum absolute atomic E-state index is 12.6. The van der Waals surface area contributed by atoms with Crippen molar-refractivity contribution in [3.8, 4) is 11.1 Å². The first kappa shape index (κ1) is 18.6. The lowest BCUT2D eigenvalue weighted by Gasteiger charge is -2.23. The molecule has 1 saturated carbocycles. The van der Waals surface area contributed by atoms with Crippen LogP contribution in [0.5, 0.6) is 0 Å². The lowest BCUT2D eigenvalue weighted by molar-refractivity contribution is -0.122. The highest BCUT2D eigenvalue weighted by Gasteiger charge is 2.28. The predicted molar refractivity (Wildman–Crippen MR) is 106 cm³/mol. The average molecular weight is 372 g/mol. The minimum Gasteiger partial charge on any atom is -0.462 e. The second-order valence-corrected chi connectivity index (χ2v) is 7.85. The van der Waals surface area contributed by atoms with Crippen molar-refractivity contribution in [1.82, 2.24) is 0 Å². The number of ether oxygens (including phenoxy) is 1. The molecule has 0 atom stereocenters. The highest BCUT2D eigenvalue weighted by Crippen LogP contribution is 2.38. The van der Waals surface area contributed by atoms with E-state index in [4.69, 9.17) is 4.74 Å². The quantitative estimate of drug-likeness (QED) is 0.687. The minimum atomic E-state index is -0.388. The van der Waals surface area contributed by atoms with E-state index in [2.05, 4.69) is 31.3 Å². The van der Waals surface area contributed by atoms with Crippen molar-refractivity contribution in [3.05, 3.63) is 40.8 Å². The van der Waals surface area contributed by atoms with Gasteiger partial charge in [0.05, 0.1) is 6.61 Å². The van der Waals surface area contributed by atoms with Crippen LogP contribution in [0.4, 0.5) is 5.00 Å². The third-order valence-corrected chi connectivity index (χ3v) is 5.77. The molecule has 138 valence electrons. The smallest absolute Gasteiger partial charge is 0.341 e. The van der Waals surface area contributed by atoms with Crippen LogP contribution in [0.15, 0.2) is 29.6 Å². The van der Waals surface area contributed by atoms with Crippen molar-refractivity contribution in [1.29, 1.82) is 0 Å². The van der Waals surface area contributed by atoms with Crippen molar-refractivity contribution < 1.29 is 14.3 Å². The molecule has 0 aliphatic heterocycles. The summed E-state index contributed by atoms with van der Waals surface area (Å²) in [5.74, 6) is 0.139. The van der Waals surface area contributed by atoms with Crippen molar-refractivity contribution in [3.63, 3.8) is 0 Å². The number of hydrogen-bond donors (Lipinski definition) is 1. The van der Waals surface area contributed by atoms with Gasteiger partial charge in [0.15, 0.2) is 0 Å². The maximum Gasteiger partial charge on any atom is 0.341 e. The lowest BCUT2D eigenvalue weighted by Crippen LogP contribution is -2.28. The van der Waals surface area contributed by atoms with E-state index < -0.39 is 0 Å². The number of nitrogens with one attached hydrogen (secondary N) is 1. The van der Waals surface area contributed by atoms with Crippen LogP contribution in [0.3, 0.4) is 0 Å². The Hall–Kier alpha value is -2.14. The number of anilines is 1. The molecule has 0 spiro atoms. The van der Waals surface area contributed by atoms with E-state index in [1.54, 1.807) is 6.92 Å². The third-order valence-electron chi connectivity index (χ3n) is 4.87. The van der Waals surface area contributed by atoms with Gasteiger partial charge in [-0.05, 0) is 36.8 Å². The zero-order chi connectivity index (χ0) is 18.7. The van der Waals surface area contributed by atoms with Crippen LogP contribution >= 0.6 is 11.3 Å². The molecule has 1 amide bonds. The number of hydrogen-bond acceptors (Lipinski definition) is 4. The number of thiophene rings is 1. The summed E-state index contributed by atoms with van der Waals surface area (Å²) in [6.45, 7) is 6.39. The molecule has 26 heavy (non-hydrogen) atoms. The molecule has 0 radical (unpaired) electrons. The van der Waals surface area contributed by atoms with Crippen LogP contribution in [-0.4, -0.2) is 18.5 Å². The minimum absolute atomic E-state index is 0.00496. The number of benzene rings is 1. The summed E-state index contributed by atoms with van der Waals surface area (Å²) < 4.78 is 5.25. The van der Waals surface area contributed by atoms with Gasteiger partial charge in [-0.15, -0.1) is 11.3 Å². The Bertz CT molecular complexity index is 788. The summed E-state index contributed by atoms with van der Waals surface area (Å²) in [4.78, 5) is 24.9. The molecular formula is C21H25NO3S. The van der Waals surface area contributed by atoms with Gasteiger partial charge in [0, 0.05) is 16.9 Å². The van der Waals surface area contributed by atoms with Gasteiger partial charge in [0.1, 0.15) is 10.6 Å². The largest absolute Gasteiger partial charge is 0.462 e.